The summed E-state index contributed by atoms with van der Waals surface area (Å²) < 4.78 is 0. The Morgan fingerprint density at radius 3 is 1.73 bits per heavy atom. The lowest BCUT2D eigenvalue weighted by Gasteiger charge is -2.12. The first-order valence-electron chi connectivity index (χ1n) is 5.33. The molecule has 4 nitrogen and oxygen atoms in total. The van der Waals surface area contributed by atoms with E-state index in [0.29, 0.717) is 23.7 Å². The van der Waals surface area contributed by atoms with Crippen LogP contribution in [0.15, 0.2) is 11.1 Å². The van der Waals surface area contributed by atoms with Crippen LogP contribution in [0.4, 0.5) is 0 Å². The van der Waals surface area contributed by atoms with Crippen LogP contribution in [0.2, 0.25) is 0 Å². The van der Waals surface area contributed by atoms with Crippen molar-refractivity contribution in [2.24, 2.45) is 35.5 Å². The highest BCUT2D eigenvalue weighted by molar-refractivity contribution is 6.02. The van der Waals surface area contributed by atoms with Crippen molar-refractivity contribution in [1.82, 2.24) is 0 Å². The van der Waals surface area contributed by atoms with Crippen LogP contribution in [0.3, 0.4) is 0 Å². The number of aliphatic carboxylic acids is 2. The van der Waals surface area contributed by atoms with Crippen molar-refractivity contribution in [3.8, 4) is 0 Å². The summed E-state index contributed by atoms with van der Waals surface area (Å²) in [7, 11) is 0. The van der Waals surface area contributed by atoms with Crippen molar-refractivity contribution in [2.45, 2.75) is 6.42 Å². The Bertz CT molecular complexity index is 412. The summed E-state index contributed by atoms with van der Waals surface area (Å²) in [4.78, 5) is 22.2. The molecule has 0 heterocycles. The second-order valence-electron chi connectivity index (χ2n) is 5.21. The molecule has 4 heteroatoms. The average molecular weight is 206 g/mol. The van der Waals surface area contributed by atoms with Gasteiger partial charge in [0.15, 0.2) is 0 Å². The first-order valence-corrected chi connectivity index (χ1v) is 5.33. The summed E-state index contributed by atoms with van der Waals surface area (Å²) in [6.45, 7) is 0. The minimum absolute atomic E-state index is 0.0774. The lowest BCUT2D eigenvalue weighted by atomic mass is 9.92. The van der Waals surface area contributed by atoms with Crippen LogP contribution in [0.1, 0.15) is 6.42 Å². The van der Waals surface area contributed by atoms with E-state index in [4.69, 9.17) is 10.2 Å². The van der Waals surface area contributed by atoms with Gasteiger partial charge in [0, 0.05) is 0 Å². The summed E-state index contributed by atoms with van der Waals surface area (Å²) in [6.07, 6.45) is 1.07. The minimum Gasteiger partial charge on any atom is -0.478 e. The maximum Gasteiger partial charge on any atom is 0.332 e. The molecule has 5 rings (SSSR count). The van der Waals surface area contributed by atoms with Gasteiger partial charge < -0.3 is 10.2 Å². The molecule has 5 aliphatic rings. The highest BCUT2D eigenvalue weighted by Crippen LogP contribution is 2.81. The Balaban J connectivity index is 1.92. The first kappa shape index (κ1) is 7.91. The Labute approximate surface area is 85.6 Å². The summed E-state index contributed by atoms with van der Waals surface area (Å²) in [5.41, 5.74) is 0.470. The van der Waals surface area contributed by atoms with Crippen molar-refractivity contribution in [1.29, 1.82) is 0 Å². The molecule has 4 unspecified atom stereocenters. The maximum atomic E-state index is 11.1. The molecule has 15 heavy (non-hydrogen) atoms. The lowest BCUT2D eigenvalue weighted by molar-refractivity contribution is -0.136. The largest absolute Gasteiger partial charge is 0.478 e. The van der Waals surface area contributed by atoms with Crippen molar-refractivity contribution < 1.29 is 19.8 Å². The van der Waals surface area contributed by atoms with Gasteiger partial charge in [0.05, 0.1) is 11.1 Å². The fraction of sp³-hybridized carbons (Fsp3) is 0.636. The molecule has 5 aliphatic carbocycles. The molecule has 0 aromatic rings. The number of hydrogen-bond donors (Lipinski definition) is 2. The number of carboxylic acids is 2. The van der Waals surface area contributed by atoms with E-state index in [0.717, 1.165) is 6.42 Å². The van der Waals surface area contributed by atoms with E-state index >= 15 is 0 Å². The van der Waals surface area contributed by atoms with Crippen molar-refractivity contribution in [3.63, 3.8) is 0 Å². The number of carbonyl (C=O) groups is 2. The minimum atomic E-state index is -1.00. The van der Waals surface area contributed by atoms with Gasteiger partial charge in [0.25, 0.3) is 0 Å². The fourth-order valence-corrected chi connectivity index (χ4v) is 4.84. The standard InChI is InChI=1S/C11H10O4/c12-10(13)8-6-3-1-2-4(6)5(2)7(3)9(8)11(14)15/h2-7H,1H2,(H,12,13)(H,14,15). The predicted octanol–water partition coefficient (Wildman–Crippen LogP) is 0.594. The van der Waals surface area contributed by atoms with Gasteiger partial charge in [-0.3, -0.25) is 0 Å². The van der Waals surface area contributed by atoms with Gasteiger partial charge in [-0.2, -0.15) is 0 Å². The third kappa shape index (κ3) is 0.610. The van der Waals surface area contributed by atoms with Gasteiger partial charge in [-0.25, -0.2) is 9.59 Å². The zero-order chi connectivity index (χ0) is 10.5. The van der Waals surface area contributed by atoms with E-state index in [1.54, 1.807) is 0 Å². The molecule has 4 atom stereocenters. The van der Waals surface area contributed by atoms with Crippen LogP contribution in [0.5, 0.6) is 0 Å². The van der Waals surface area contributed by atoms with E-state index in [9.17, 15) is 9.59 Å². The molecular weight excluding hydrogens is 196 g/mol. The molecule has 2 N–H and O–H groups in total. The third-order valence-electron chi connectivity index (χ3n) is 5.01. The Morgan fingerprint density at radius 1 is 0.933 bits per heavy atom. The van der Waals surface area contributed by atoms with Crippen LogP contribution < -0.4 is 0 Å². The maximum absolute atomic E-state index is 11.1. The summed E-state index contributed by atoms with van der Waals surface area (Å²) in [5.74, 6) is 0.191. The zero-order valence-electron chi connectivity index (χ0n) is 7.88. The van der Waals surface area contributed by atoms with E-state index in [-0.39, 0.29) is 23.0 Å². The predicted molar refractivity (Wildman–Crippen MR) is 47.9 cm³/mol. The van der Waals surface area contributed by atoms with Crippen LogP contribution in [-0.4, -0.2) is 22.2 Å². The Hall–Kier alpha value is -1.32. The van der Waals surface area contributed by atoms with Gasteiger partial charge in [-0.05, 0) is 41.9 Å². The van der Waals surface area contributed by atoms with Gasteiger partial charge in [-0.15, -0.1) is 0 Å². The molecule has 0 saturated heterocycles. The number of rotatable bonds is 2. The van der Waals surface area contributed by atoms with E-state index in [1.807, 2.05) is 0 Å². The molecule has 0 aromatic heterocycles. The molecule has 0 amide bonds. The van der Waals surface area contributed by atoms with Crippen LogP contribution in [-0.2, 0) is 9.59 Å². The average Bonchev–Trinajstić information content (AvgIpc) is 2.55. The Morgan fingerprint density at radius 2 is 1.40 bits per heavy atom. The molecule has 6 bridgehead atoms. The quantitative estimate of drug-likeness (QED) is 0.693. The summed E-state index contributed by atoms with van der Waals surface area (Å²) in [5, 5.41) is 18.2. The Kier molecular flexibility index (Phi) is 1.03. The van der Waals surface area contributed by atoms with Crippen molar-refractivity contribution >= 4 is 11.9 Å². The van der Waals surface area contributed by atoms with Gasteiger partial charge in [0.1, 0.15) is 0 Å². The fourth-order valence-electron chi connectivity index (χ4n) is 4.84. The van der Waals surface area contributed by atoms with Crippen LogP contribution in [0, 0.1) is 35.5 Å². The SMILES string of the molecule is O=C(O)C1=C(C(=O)O)C2C3CC4C(C13)C42. The first-order chi connectivity index (χ1) is 7.13. The smallest absolute Gasteiger partial charge is 0.332 e. The van der Waals surface area contributed by atoms with Gasteiger partial charge >= 0.3 is 11.9 Å². The number of carboxylic acid groups (broad SMARTS) is 2. The van der Waals surface area contributed by atoms with E-state index in [2.05, 4.69) is 0 Å². The molecule has 0 radical (unpaired) electrons. The number of hydrogen-bond acceptors (Lipinski definition) is 2. The highest BCUT2D eigenvalue weighted by Gasteiger charge is 2.79. The second kappa shape index (κ2) is 1.96. The molecule has 0 aliphatic heterocycles. The monoisotopic (exact) mass is 206 g/mol. The molecular formula is C11H10O4. The molecule has 0 spiro atoms. The van der Waals surface area contributed by atoms with Crippen LogP contribution >= 0.6 is 0 Å². The van der Waals surface area contributed by atoms with Crippen molar-refractivity contribution in [2.75, 3.05) is 0 Å². The molecule has 4 fully saturated rings. The van der Waals surface area contributed by atoms with E-state index < -0.39 is 11.9 Å². The molecule has 78 valence electrons. The van der Waals surface area contributed by atoms with Crippen LogP contribution in [0.25, 0.3) is 0 Å². The highest BCUT2D eigenvalue weighted by atomic mass is 16.4. The topological polar surface area (TPSA) is 74.6 Å². The third-order valence-corrected chi connectivity index (χ3v) is 5.01. The molecule has 0 aromatic carbocycles. The van der Waals surface area contributed by atoms with Gasteiger partial charge in [0.2, 0.25) is 0 Å². The normalized spacial score (nSPS) is 52.5. The molecule has 4 saturated carbocycles. The van der Waals surface area contributed by atoms with Crippen molar-refractivity contribution in [3.05, 3.63) is 11.1 Å². The van der Waals surface area contributed by atoms with E-state index in [1.165, 1.54) is 0 Å². The zero-order valence-corrected chi connectivity index (χ0v) is 7.88. The lowest BCUT2D eigenvalue weighted by Crippen LogP contribution is -2.18. The summed E-state index contributed by atoms with van der Waals surface area (Å²) >= 11 is 0. The second-order valence-corrected chi connectivity index (χ2v) is 5.21. The summed E-state index contributed by atoms with van der Waals surface area (Å²) in [6, 6.07) is 0. The van der Waals surface area contributed by atoms with Gasteiger partial charge in [-0.1, -0.05) is 0 Å².